The molecule has 0 radical (unpaired) electrons. The van der Waals surface area contributed by atoms with E-state index in [1.54, 1.807) is 7.11 Å². The fraction of sp³-hybridized carbons (Fsp3) is 0.857. The minimum atomic E-state index is 0.579. The Morgan fingerprint density at radius 1 is 1.78 bits per heavy atom. The summed E-state index contributed by atoms with van der Waals surface area (Å²) in [7, 11) is 1.74. The molecule has 0 aromatic heterocycles. The normalized spacial score (nSPS) is 27.2. The van der Waals surface area contributed by atoms with Gasteiger partial charge in [-0.05, 0) is 0 Å². The van der Waals surface area contributed by atoms with Gasteiger partial charge in [0.1, 0.15) is 19.9 Å². The van der Waals surface area contributed by atoms with Crippen molar-refractivity contribution < 1.29 is 9.31 Å². The van der Waals surface area contributed by atoms with Crippen LogP contribution in [0.1, 0.15) is 12.8 Å². The zero-order valence-corrected chi connectivity index (χ0v) is 5.97. The highest BCUT2D eigenvalue weighted by atomic mass is 16.5. The highest BCUT2D eigenvalue weighted by molar-refractivity contribution is 5.15. The van der Waals surface area contributed by atoms with E-state index >= 15 is 0 Å². The third-order valence-corrected chi connectivity index (χ3v) is 1.86. The third-order valence-electron chi connectivity index (χ3n) is 1.86. The van der Waals surface area contributed by atoms with Crippen molar-refractivity contribution in [2.24, 2.45) is 0 Å². The second kappa shape index (κ2) is 2.97. The summed E-state index contributed by atoms with van der Waals surface area (Å²) in [6.45, 7) is 5.86. The van der Waals surface area contributed by atoms with E-state index in [2.05, 4.69) is 11.3 Å². The molecule has 1 rings (SSSR count). The molecule has 1 fully saturated rings. The van der Waals surface area contributed by atoms with Gasteiger partial charge in [-0.25, -0.2) is 4.58 Å². The summed E-state index contributed by atoms with van der Waals surface area (Å²) in [5.41, 5.74) is 0. The zero-order chi connectivity index (χ0) is 6.69. The van der Waals surface area contributed by atoms with Crippen LogP contribution < -0.4 is 0 Å². The third kappa shape index (κ3) is 1.52. The Bertz CT molecular complexity index is 111. The largest absolute Gasteiger partial charge is 0.378 e. The van der Waals surface area contributed by atoms with Gasteiger partial charge >= 0.3 is 0 Å². The predicted octanol–water partition coefficient (Wildman–Crippen LogP) is 0.508. The fourth-order valence-electron chi connectivity index (χ4n) is 1.28. The summed E-state index contributed by atoms with van der Waals surface area (Å²) in [4.78, 5) is 0. The Kier molecular flexibility index (Phi) is 2.22. The first-order valence-corrected chi connectivity index (χ1v) is 3.40. The number of rotatable bonds is 2. The van der Waals surface area contributed by atoms with E-state index in [9.17, 15) is 0 Å². The molecule has 0 bridgehead atoms. The van der Waals surface area contributed by atoms with E-state index in [1.165, 1.54) is 12.8 Å². The molecule has 0 aromatic rings. The van der Waals surface area contributed by atoms with Crippen LogP contribution in [-0.2, 0) is 4.74 Å². The smallest absolute Gasteiger partial charge is 0.175 e. The maximum Gasteiger partial charge on any atom is 0.175 e. The molecule has 2 heteroatoms. The molecule has 0 spiro atoms. The molecule has 0 aliphatic carbocycles. The molecular formula is C7H14NO+. The van der Waals surface area contributed by atoms with Crippen molar-refractivity contribution in [3.8, 4) is 0 Å². The van der Waals surface area contributed by atoms with Gasteiger partial charge in [-0.2, -0.15) is 0 Å². The number of hydrogen-bond donors (Lipinski definition) is 0. The van der Waals surface area contributed by atoms with Crippen LogP contribution in [0.4, 0.5) is 0 Å². The van der Waals surface area contributed by atoms with Crippen LogP contribution in [0.3, 0.4) is 0 Å². The standard InChI is InChI=1S/C7H14NO/c1-8-5-3-4-7(8)6-9-2/h7H,1,3-6H2,2H3/q+1. The van der Waals surface area contributed by atoms with Crippen molar-refractivity contribution in [1.29, 1.82) is 0 Å². The summed E-state index contributed by atoms with van der Waals surface area (Å²) in [6.07, 6.45) is 2.52. The second-order valence-electron chi connectivity index (χ2n) is 2.56. The van der Waals surface area contributed by atoms with Crippen molar-refractivity contribution in [2.45, 2.75) is 18.9 Å². The van der Waals surface area contributed by atoms with E-state index in [4.69, 9.17) is 4.74 Å². The van der Waals surface area contributed by atoms with Crippen LogP contribution in [0.15, 0.2) is 0 Å². The molecule has 1 aliphatic rings. The van der Waals surface area contributed by atoms with Gasteiger partial charge in [-0.1, -0.05) is 0 Å². The highest BCUT2D eigenvalue weighted by Gasteiger charge is 2.24. The predicted molar refractivity (Wildman–Crippen MR) is 37.1 cm³/mol. The van der Waals surface area contributed by atoms with E-state index in [0.717, 1.165) is 13.2 Å². The first kappa shape index (κ1) is 6.75. The molecule has 1 aliphatic heterocycles. The van der Waals surface area contributed by atoms with Crippen molar-refractivity contribution in [2.75, 3.05) is 20.3 Å². The number of nitrogens with zero attached hydrogens (tertiary/aromatic N) is 1. The van der Waals surface area contributed by atoms with Crippen LogP contribution in [0.25, 0.3) is 0 Å². The molecule has 0 saturated carbocycles. The SMILES string of the molecule is C=[N+]1CCCC1COC. The first-order valence-electron chi connectivity index (χ1n) is 3.40. The summed E-state index contributed by atoms with van der Waals surface area (Å²) < 4.78 is 7.13. The lowest BCUT2D eigenvalue weighted by atomic mass is 10.2. The minimum Gasteiger partial charge on any atom is -0.378 e. The quantitative estimate of drug-likeness (QED) is 0.493. The van der Waals surface area contributed by atoms with Crippen LogP contribution >= 0.6 is 0 Å². The first-order chi connectivity index (χ1) is 4.34. The maximum atomic E-state index is 5.01. The van der Waals surface area contributed by atoms with Crippen molar-refractivity contribution in [3.63, 3.8) is 0 Å². The van der Waals surface area contributed by atoms with E-state index < -0.39 is 0 Å². The molecule has 2 nitrogen and oxygen atoms in total. The number of ether oxygens (including phenoxy) is 1. The lowest BCUT2D eigenvalue weighted by Gasteiger charge is -2.02. The summed E-state index contributed by atoms with van der Waals surface area (Å²) >= 11 is 0. The van der Waals surface area contributed by atoms with Gasteiger partial charge in [0, 0.05) is 20.0 Å². The molecule has 0 amide bonds. The van der Waals surface area contributed by atoms with Crippen LogP contribution in [0.2, 0.25) is 0 Å². The number of methoxy groups -OCH3 is 1. The maximum absolute atomic E-state index is 5.01. The molecule has 1 atom stereocenters. The second-order valence-corrected chi connectivity index (χ2v) is 2.56. The van der Waals surface area contributed by atoms with Gasteiger partial charge in [-0.3, -0.25) is 0 Å². The average molecular weight is 128 g/mol. The molecule has 52 valence electrons. The fourth-order valence-corrected chi connectivity index (χ4v) is 1.28. The van der Waals surface area contributed by atoms with Gasteiger partial charge in [0.15, 0.2) is 6.04 Å². The molecule has 9 heavy (non-hydrogen) atoms. The lowest BCUT2D eigenvalue weighted by molar-refractivity contribution is -0.538. The van der Waals surface area contributed by atoms with Crippen molar-refractivity contribution in [3.05, 3.63) is 0 Å². The van der Waals surface area contributed by atoms with Gasteiger partial charge in [0.05, 0.1) is 0 Å². The van der Waals surface area contributed by atoms with Gasteiger partial charge < -0.3 is 4.74 Å². The van der Waals surface area contributed by atoms with E-state index in [-0.39, 0.29) is 0 Å². The Labute approximate surface area is 56.1 Å². The summed E-state index contributed by atoms with van der Waals surface area (Å²) in [6, 6.07) is 0.579. The van der Waals surface area contributed by atoms with Gasteiger partial charge in [-0.15, -0.1) is 0 Å². The summed E-state index contributed by atoms with van der Waals surface area (Å²) in [5.74, 6) is 0. The van der Waals surface area contributed by atoms with Crippen LogP contribution in [0.5, 0.6) is 0 Å². The van der Waals surface area contributed by atoms with Crippen LogP contribution in [0, 0.1) is 0 Å². The Morgan fingerprint density at radius 2 is 2.56 bits per heavy atom. The Balaban J connectivity index is 2.31. The van der Waals surface area contributed by atoms with Crippen LogP contribution in [-0.4, -0.2) is 37.6 Å². The van der Waals surface area contributed by atoms with Crippen molar-refractivity contribution in [1.82, 2.24) is 0 Å². The molecule has 1 unspecified atom stereocenters. The van der Waals surface area contributed by atoms with Crippen molar-refractivity contribution >= 4 is 6.72 Å². The minimum absolute atomic E-state index is 0.579. The molecule has 1 saturated heterocycles. The monoisotopic (exact) mass is 128 g/mol. The molecular weight excluding hydrogens is 114 g/mol. The molecule has 0 aromatic carbocycles. The van der Waals surface area contributed by atoms with Gasteiger partial charge in [0.25, 0.3) is 0 Å². The lowest BCUT2D eigenvalue weighted by Crippen LogP contribution is -2.22. The highest BCUT2D eigenvalue weighted by Crippen LogP contribution is 2.10. The van der Waals surface area contributed by atoms with E-state index in [1.807, 2.05) is 0 Å². The molecule has 0 N–H and O–H groups in total. The Hall–Kier alpha value is -0.370. The topological polar surface area (TPSA) is 12.2 Å². The molecule has 1 heterocycles. The zero-order valence-electron chi connectivity index (χ0n) is 5.97. The summed E-state index contributed by atoms with van der Waals surface area (Å²) in [5, 5.41) is 0. The number of hydrogen-bond acceptors (Lipinski definition) is 1. The average Bonchev–Trinajstić information content (AvgIpc) is 2.18. The van der Waals surface area contributed by atoms with E-state index in [0.29, 0.717) is 6.04 Å². The van der Waals surface area contributed by atoms with Gasteiger partial charge in [0.2, 0.25) is 0 Å². The Morgan fingerprint density at radius 3 is 3.00 bits per heavy atom.